The van der Waals surface area contributed by atoms with Gasteiger partial charge in [-0.2, -0.15) is 21.0 Å². The first-order valence-corrected chi connectivity index (χ1v) is 6.99. The molecule has 0 aromatic heterocycles. The van der Waals surface area contributed by atoms with Gasteiger partial charge in [0, 0.05) is 25.2 Å². The first kappa shape index (κ1) is 16.5. The molecule has 0 fully saturated rings. The summed E-state index contributed by atoms with van der Waals surface area (Å²) in [4.78, 5) is 6.32. The molecule has 0 spiro atoms. The van der Waals surface area contributed by atoms with Gasteiger partial charge in [-0.3, -0.25) is 0 Å². The number of hydrogen-bond donors (Lipinski definition) is 0. The molecule has 2 rings (SSSR count). The van der Waals surface area contributed by atoms with Crippen molar-refractivity contribution in [3.8, 4) is 24.3 Å². The van der Waals surface area contributed by atoms with Crippen LogP contribution < -0.4 is 0 Å². The Morgan fingerprint density at radius 3 is 2.21 bits per heavy atom. The summed E-state index contributed by atoms with van der Waals surface area (Å²) in [6, 6.07) is 14.6. The van der Waals surface area contributed by atoms with E-state index in [0.717, 1.165) is 0 Å². The van der Waals surface area contributed by atoms with Gasteiger partial charge in [-0.25, -0.2) is 4.99 Å². The summed E-state index contributed by atoms with van der Waals surface area (Å²) in [5, 5.41) is 36.9. The standard InChI is InChI=1S/C18H12N6/c1-24(2)18-15(7-12(8-19)9-20)17(13(10-21)11-22)14-5-3-4-6-16(14)23-18/h3-7,15H,1-2H3. The number of aliphatic imine (C=N–C) groups is 1. The number of benzene rings is 1. The molecule has 24 heavy (non-hydrogen) atoms. The minimum atomic E-state index is -0.626. The van der Waals surface area contributed by atoms with Crippen molar-refractivity contribution < 1.29 is 0 Å². The molecule has 1 atom stereocenters. The minimum Gasteiger partial charge on any atom is -0.365 e. The van der Waals surface area contributed by atoms with Gasteiger partial charge in [0.25, 0.3) is 0 Å². The van der Waals surface area contributed by atoms with Crippen molar-refractivity contribution in [2.45, 2.75) is 0 Å². The van der Waals surface area contributed by atoms with E-state index in [1.54, 1.807) is 37.2 Å². The average Bonchev–Trinajstić information content (AvgIpc) is 2.60. The fourth-order valence-electron chi connectivity index (χ4n) is 2.53. The lowest BCUT2D eigenvalue weighted by atomic mass is 9.83. The zero-order valence-corrected chi connectivity index (χ0v) is 13.1. The molecule has 0 bridgehead atoms. The summed E-state index contributed by atoms with van der Waals surface area (Å²) in [5.41, 5.74) is 1.59. The highest BCUT2D eigenvalue weighted by Crippen LogP contribution is 2.40. The Morgan fingerprint density at radius 2 is 1.67 bits per heavy atom. The number of para-hydroxylation sites is 1. The second-order valence-electron chi connectivity index (χ2n) is 5.18. The van der Waals surface area contributed by atoms with Gasteiger partial charge in [-0.1, -0.05) is 18.2 Å². The molecule has 1 unspecified atom stereocenters. The van der Waals surface area contributed by atoms with Gasteiger partial charge in [-0.05, 0) is 12.1 Å². The fraction of sp³-hybridized carbons (Fsp3) is 0.167. The summed E-state index contributed by atoms with van der Waals surface area (Å²) >= 11 is 0. The quantitative estimate of drug-likeness (QED) is 0.740. The summed E-state index contributed by atoms with van der Waals surface area (Å²) in [5.74, 6) is -0.0757. The maximum atomic E-state index is 9.36. The third-order valence-electron chi connectivity index (χ3n) is 3.54. The molecule has 6 heteroatoms. The predicted octanol–water partition coefficient (Wildman–Crippen LogP) is 2.68. The van der Waals surface area contributed by atoms with E-state index in [1.165, 1.54) is 6.08 Å². The van der Waals surface area contributed by atoms with Gasteiger partial charge in [-0.15, -0.1) is 0 Å². The lowest BCUT2D eigenvalue weighted by molar-refractivity contribution is 0.597. The molecule has 1 aliphatic rings. The Morgan fingerprint density at radius 1 is 1.04 bits per heavy atom. The highest BCUT2D eigenvalue weighted by atomic mass is 15.1. The molecule has 0 saturated carbocycles. The second-order valence-corrected chi connectivity index (χ2v) is 5.18. The Kier molecular flexibility index (Phi) is 4.76. The first-order valence-electron chi connectivity index (χ1n) is 6.99. The molecule has 0 radical (unpaired) electrons. The van der Waals surface area contributed by atoms with Crippen LogP contribution in [0.3, 0.4) is 0 Å². The normalized spacial score (nSPS) is 14.7. The molecule has 114 valence electrons. The van der Waals surface area contributed by atoms with Crippen LogP contribution in [-0.2, 0) is 0 Å². The zero-order chi connectivity index (χ0) is 17.7. The fourth-order valence-corrected chi connectivity index (χ4v) is 2.53. The molecule has 1 aromatic rings. The van der Waals surface area contributed by atoms with Gasteiger partial charge in [0.05, 0.1) is 11.6 Å². The van der Waals surface area contributed by atoms with E-state index in [4.69, 9.17) is 10.5 Å². The Balaban J connectivity index is 2.89. The van der Waals surface area contributed by atoms with E-state index in [0.29, 0.717) is 22.7 Å². The van der Waals surface area contributed by atoms with E-state index in [1.807, 2.05) is 30.3 Å². The third kappa shape index (κ3) is 2.86. The Bertz CT molecular complexity index is 903. The van der Waals surface area contributed by atoms with Crippen LogP contribution in [-0.4, -0.2) is 24.8 Å². The number of nitriles is 4. The molecule has 1 aliphatic heterocycles. The van der Waals surface area contributed by atoms with Crippen LogP contribution in [0, 0.1) is 51.2 Å². The van der Waals surface area contributed by atoms with Gasteiger partial charge < -0.3 is 4.90 Å². The number of amidine groups is 1. The van der Waals surface area contributed by atoms with Gasteiger partial charge in [0.15, 0.2) is 0 Å². The summed E-state index contributed by atoms with van der Waals surface area (Å²) in [6.45, 7) is 0. The number of allylic oxidation sites excluding steroid dienone is 2. The van der Waals surface area contributed by atoms with Crippen LogP contribution in [0.5, 0.6) is 0 Å². The Labute approximate surface area is 140 Å². The van der Waals surface area contributed by atoms with Crippen molar-refractivity contribution in [2.75, 3.05) is 14.1 Å². The largest absolute Gasteiger partial charge is 0.365 e. The highest BCUT2D eigenvalue weighted by molar-refractivity contribution is 6.05. The van der Waals surface area contributed by atoms with Crippen molar-refractivity contribution in [1.82, 2.24) is 4.90 Å². The maximum absolute atomic E-state index is 9.36. The summed E-state index contributed by atoms with van der Waals surface area (Å²) in [7, 11) is 3.56. The topological polar surface area (TPSA) is 111 Å². The van der Waals surface area contributed by atoms with Crippen LogP contribution in [0.15, 0.2) is 46.5 Å². The van der Waals surface area contributed by atoms with E-state index in [2.05, 4.69) is 4.99 Å². The van der Waals surface area contributed by atoms with E-state index < -0.39 is 5.92 Å². The van der Waals surface area contributed by atoms with E-state index in [-0.39, 0.29) is 11.1 Å². The molecule has 1 heterocycles. The predicted molar refractivity (Wildman–Crippen MR) is 88.2 cm³/mol. The smallest absolute Gasteiger partial charge is 0.134 e. The van der Waals surface area contributed by atoms with Crippen LogP contribution in [0.25, 0.3) is 5.57 Å². The molecular formula is C18H12N6. The van der Waals surface area contributed by atoms with Crippen molar-refractivity contribution in [1.29, 1.82) is 21.0 Å². The molecule has 0 N–H and O–H groups in total. The SMILES string of the molecule is CN(C)C1=Nc2ccccc2C(=C(C#N)C#N)C1C=C(C#N)C#N. The van der Waals surface area contributed by atoms with Crippen molar-refractivity contribution in [2.24, 2.45) is 10.9 Å². The molecular weight excluding hydrogens is 300 g/mol. The van der Waals surface area contributed by atoms with Gasteiger partial charge in [0.1, 0.15) is 41.3 Å². The first-order chi connectivity index (χ1) is 11.6. The monoisotopic (exact) mass is 312 g/mol. The minimum absolute atomic E-state index is 0.0619. The summed E-state index contributed by atoms with van der Waals surface area (Å²) in [6.07, 6.45) is 1.44. The van der Waals surface area contributed by atoms with Gasteiger partial charge >= 0.3 is 0 Å². The van der Waals surface area contributed by atoms with Crippen LogP contribution in [0.1, 0.15) is 5.56 Å². The number of rotatable bonds is 1. The van der Waals surface area contributed by atoms with Crippen LogP contribution in [0.2, 0.25) is 0 Å². The number of nitrogens with zero attached hydrogens (tertiary/aromatic N) is 6. The van der Waals surface area contributed by atoms with Crippen LogP contribution >= 0.6 is 0 Å². The van der Waals surface area contributed by atoms with Crippen LogP contribution in [0.4, 0.5) is 5.69 Å². The van der Waals surface area contributed by atoms with Crippen molar-refractivity contribution in [3.05, 3.63) is 47.1 Å². The second kappa shape index (κ2) is 6.93. The molecule has 6 nitrogen and oxygen atoms in total. The number of hydrogen-bond acceptors (Lipinski definition) is 6. The molecule has 0 aliphatic carbocycles. The average molecular weight is 312 g/mol. The van der Waals surface area contributed by atoms with Crippen molar-refractivity contribution in [3.63, 3.8) is 0 Å². The number of fused-ring (bicyclic) bond motifs is 1. The highest BCUT2D eigenvalue weighted by Gasteiger charge is 2.31. The van der Waals surface area contributed by atoms with E-state index >= 15 is 0 Å². The molecule has 0 saturated heterocycles. The lowest BCUT2D eigenvalue weighted by Gasteiger charge is -2.29. The Hall–Kier alpha value is -3.87. The van der Waals surface area contributed by atoms with Crippen molar-refractivity contribution >= 4 is 17.1 Å². The lowest BCUT2D eigenvalue weighted by Crippen LogP contribution is -2.32. The molecule has 0 amide bonds. The summed E-state index contributed by atoms with van der Waals surface area (Å²) < 4.78 is 0. The molecule has 1 aromatic carbocycles. The third-order valence-corrected chi connectivity index (χ3v) is 3.54. The van der Waals surface area contributed by atoms with E-state index in [9.17, 15) is 10.5 Å². The van der Waals surface area contributed by atoms with Gasteiger partial charge in [0.2, 0.25) is 0 Å². The maximum Gasteiger partial charge on any atom is 0.134 e. The zero-order valence-electron chi connectivity index (χ0n) is 13.1.